The van der Waals surface area contributed by atoms with Crippen LogP contribution in [0.2, 0.25) is 0 Å². The highest BCUT2D eigenvalue weighted by atomic mass is 16.2. The van der Waals surface area contributed by atoms with Crippen molar-refractivity contribution in [2.24, 2.45) is 0 Å². The number of pyridine rings is 1. The number of anilines is 2. The third kappa shape index (κ3) is 2.15. The summed E-state index contributed by atoms with van der Waals surface area (Å²) in [6.07, 6.45) is 3.71. The van der Waals surface area contributed by atoms with Crippen molar-refractivity contribution >= 4 is 17.4 Å². The van der Waals surface area contributed by atoms with Crippen LogP contribution in [0.1, 0.15) is 35.2 Å². The van der Waals surface area contributed by atoms with Crippen LogP contribution < -0.4 is 11.1 Å². The number of carbonyl (C=O) groups excluding carboxylic acids is 1. The molecule has 7 heteroatoms. The van der Waals surface area contributed by atoms with Gasteiger partial charge in [-0.2, -0.15) is 0 Å². The van der Waals surface area contributed by atoms with E-state index < -0.39 is 0 Å². The second-order valence-corrected chi connectivity index (χ2v) is 4.24. The molecule has 0 radical (unpaired) electrons. The quantitative estimate of drug-likeness (QED) is 0.743. The van der Waals surface area contributed by atoms with Crippen molar-refractivity contribution in [3.63, 3.8) is 0 Å². The smallest absolute Gasteiger partial charge is 0.295 e. The number of nitrogen functional groups attached to an aromatic ring is 1. The van der Waals surface area contributed by atoms with Gasteiger partial charge in [-0.05, 0) is 25.0 Å². The van der Waals surface area contributed by atoms with E-state index in [-0.39, 0.29) is 11.7 Å². The van der Waals surface area contributed by atoms with Gasteiger partial charge >= 0.3 is 0 Å². The van der Waals surface area contributed by atoms with Gasteiger partial charge in [0.25, 0.3) is 5.91 Å². The van der Waals surface area contributed by atoms with Gasteiger partial charge in [-0.25, -0.2) is 9.97 Å². The molecule has 1 fully saturated rings. The molecule has 0 atom stereocenters. The van der Waals surface area contributed by atoms with Gasteiger partial charge in [0.05, 0.1) is 11.9 Å². The summed E-state index contributed by atoms with van der Waals surface area (Å²) in [5.74, 6) is 1.42. The molecular weight excluding hydrogens is 232 g/mol. The summed E-state index contributed by atoms with van der Waals surface area (Å²) in [5.41, 5.74) is 6.02. The minimum absolute atomic E-state index is 0.147. The van der Waals surface area contributed by atoms with Gasteiger partial charge in [0, 0.05) is 5.92 Å². The highest BCUT2D eigenvalue weighted by Crippen LogP contribution is 2.37. The zero-order valence-electron chi connectivity index (χ0n) is 9.55. The molecule has 4 N–H and O–H groups in total. The number of hydrogen-bond acceptors (Lipinski definition) is 5. The standard InChI is InChI=1S/C11H12N6O/c12-8-4-3-7(5-13-8)14-11(18)10-15-9(16-17-10)6-1-2-6/h3-6H,1-2H2,(H2,12,13)(H,14,18)(H,15,16,17). The second kappa shape index (κ2) is 4.10. The third-order valence-electron chi connectivity index (χ3n) is 2.71. The van der Waals surface area contributed by atoms with E-state index >= 15 is 0 Å². The minimum Gasteiger partial charge on any atom is -0.384 e. The van der Waals surface area contributed by atoms with Crippen LogP contribution in [0.5, 0.6) is 0 Å². The molecule has 2 aromatic heterocycles. The van der Waals surface area contributed by atoms with Crippen LogP contribution in [-0.2, 0) is 0 Å². The Labute approximate surface area is 103 Å². The molecule has 3 rings (SSSR count). The number of aromatic nitrogens is 4. The number of aromatic amines is 1. The maximum atomic E-state index is 11.8. The molecule has 7 nitrogen and oxygen atoms in total. The number of carbonyl (C=O) groups is 1. The van der Waals surface area contributed by atoms with Crippen molar-refractivity contribution < 1.29 is 4.79 Å². The van der Waals surface area contributed by atoms with E-state index in [1.165, 1.54) is 6.20 Å². The summed E-state index contributed by atoms with van der Waals surface area (Å²) in [6.45, 7) is 0. The van der Waals surface area contributed by atoms with Crippen LogP contribution in [0.3, 0.4) is 0 Å². The number of nitrogens with zero attached hydrogens (tertiary/aromatic N) is 3. The predicted octanol–water partition coefficient (Wildman–Crippen LogP) is 0.912. The number of H-pyrrole nitrogens is 1. The van der Waals surface area contributed by atoms with E-state index in [9.17, 15) is 4.79 Å². The Morgan fingerprint density at radius 1 is 1.44 bits per heavy atom. The molecule has 1 aliphatic carbocycles. The van der Waals surface area contributed by atoms with Crippen LogP contribution >= 0.6 is 0 Å². The van der Waals surface area contributed by atoms with Gasteiger partial charge in [0.2, 0.25) is 5.82 Å². The Hall–Kier alpha value is -2.44. The second-order valence-electron chi connectivity index (χ2n) is 4.24. The zero-order chi connectivity index (χ0) is 12.5. The summed E-state index contributed by atoms with van der Waals surface area (Å²) < 4.78 is 0. The average Bonchev–Trinajstić information content (AvgIpc) is 3.10. The van der Waals surface area contributed by atoms with E-state index in [1.54, 1.807) is 12.1 Å². The Balaban J connectivity index is 1.71. The SMILES string of the molecule is Nc1ccc(NC(=O)c2n[nH]c(C3CC3)n2)cn1. The highest BCUT2D eigenvalue weighted by Gasteiger charge is 2.28. The molecule has 0 unspecified atom stereocenters. The first-order chi connectivity index (χ1) is 8.72. The van der Waals surface area contributed by atoms with E-state index in [4.69, 9.17) is 5.73 Å². The lowest BCUT2D eigenvalue weighted by molar-refractivity contribution is 0.101. The maximum absolute atomic E-state index is 11.8. The van der Waals surface area contributed by atoms with Gasteiger partial charge in [-0.1, -0.05) is 0 Å². The third-order valence-corrected chi connectivity index (χ3v) is 2.71. The molecule has 1 saturated carbocycles. The number of nitrogens with two attached hydrogens (primary N) is 1. The first kappa shape index (κ1) is 10.7. The van der Waals surface area contributed by atoms with Crippen molar-refractivity contribution in [3.8, 4) is 0 Å². The normalized spacial score (nSPS) is 14.4. The molecule has 1 aliphatic rings. The van der Waals surface area contributed by atoms with E-state index in [0.29, 0.717) is 17.4 Å². The lowest BCUT2D eigenvalue weighted by atomic mass is 10.4. The number of rotatable bonds is 3. The first-order valence-corrected chi connectivity index (χ1v) is 5.67. The predicted molar refractivity (Wildman–Crippen MR) is 65.0 cm³/mol. The highest BCUT2D eigenvalue weighted by molar-refractivity contribution is 6.01. The average molecular weight is 244 g/mol. The maximum Gasteiger partial charge on any atom is 0.295 e. The first-order valence-electron chi connectivity index (χ1n) is 5.67. The number of nitrogens with one attached hydrogen (secondary N) is 2. The largest absolute Gasteiger partial charge is 0.384 e. The van der Waals surface area contributed by atoms with Crippen molar-refractivity contribution in [2.75, 3.05) is 11.1 Å². The van der Waals surface area contributed by atoms with Crippen molar-refractivity contribution in [3.05, 3.63) is 30.0 Å². The van der Waals surface area contributed by atoms with Gasteiger partial charge in [-0.3, -0.25) is 9.89 Å². The van der Waals surface area contributed by atoms with Crippen molar-refractivity contribution in [1.29, 1.82) is 0 Å². The molecule has 2 heterocycles. The molecule has 1 amide bonds. The van der Waals surface area contributed by atoms with Gasteiger partial charge < -0.3 is 11.1 Å². The van der Waals surface area contributed by atoms with Crippen LogP contribution in [-0.4, -0.2) is 26.1 Å². The summed E-state index contributed by atoms with van der Waals surface area (Å²) in [4.78, 5) is 19.9. The van der Waals surface area contributed by atoms with Crippen molar-refractivity contribution in [1.82, 2.24) is 20.2 Å². The molecule has 2 aromatic rings. The van der Waals surface area contributed by atoms with Crippen LogP contribution in [0, 0.1) is 0 Å². The monoisotopic (exact) mass is 244 g/mol. The van der Waals surface area contributed by atoms with Gasteiger partial charge in [0.15, 0.2) is 0 Å². The number of hydrogen-bond donors (Lipinski definition) is 3. The molecule has 0 spiro atoms. The summed E-state index contributed by atoms with van der Waals surface area (Å²) in [6, 6.07) is 3.29. The molecule has 92 valence electrons. The van der Waals surface area contributed by atoms with Crippen LogP contribution in [0.4, 0.5) is 11.5 Å². The molecule has 0 aliphatic heterocycles. The van der Waals surface area contributed by atoms with Gasteiger partial charge in [-0.15, -0.1) is 5.10 Å². The zero-order valence-corrected chi connectivity index (χ0v) is 9.55. The molecule has 0 aromatic carbocycles. The Kier molecular flexibility index (Phi) is 2.44. The van der Waals surface area contributed by atoms with Gasteiger partial charge in [0.1, 0.15) is 11.6 Å². The lowest BCUT2D eigenvalue weighted by Crippen LogP contribution is -2.14. The van der Waals surface area contributed by atoms with Crippen LogP contribution in [0.15, 0.2) is 18.3 Å². The fourth-order valence-electron chi connectivity index (χ4n) is 1.58. The Morgan fingerprint density at radius 2 is 2.28 bits per heavy atom. The summed E-state index contributed by atoms with van der Waals surface area (Å²) >= 11 is 0. The summed E-state index contributed by atoms with van der Waals surface area (Å²) in [7, 11) is 0. The summed E-state index contributed by atoms with van der Waals surface area (Å²) in [5, 5.41) is 9.34. The van der Waals surface area contributed by atoms with Crippen LogP contribution in [0.25, 0.3) is 0 Å². The lowest BCUT2D eigenvalue weighted by Gasteiger charge is -2.01. The molecule has 0 bridgehead atoms. The van der Waals surface area contributed by atoms with E-state index in [0.717, 1.165) is 18.7 Å². The van der Waals surface area contributed by atoms with E-state index in [2.05, 4.69) is 25.5 Å². The topological polar surface area (TPSA) is 110 Å². The Bertz CT molecular complexity index is 571. The fourth-order valence-corrected chi connectivity index (χ4v) is 1.58. The minimum atomic E-state index is -0.357. The molecule has 18 heavy (non-hydrogen) atoms. The van der Waals surface area contributed by atoms with E-state index in [1.807, 2.05) is 0 Å². The Morgan fingerprint density at radius 3 is 2.94 bits per heavy atom. The van der Waals surface area contributed by atoms with Crippen molar-refractivity contribution in [2.45, 2.75) is 18.8 Å². The molecular formula is C11H12N6O. The fraction of sp³-hybridized carbons (Fsp3) is 0.273. The number of amides is 1. The molecule has 0 saturated heterocycles.